The van der Waals surface area contributed by atoms with E-state index in [1.807, 2.05) is 0 Å². The molecule has 1 N–H and O–H groups in total. The predicted octanol–water partition coefficient (Wildman–Crippen LogP) is 4.53. The maximum atomic E-state index is 13.0. The molecule has 0 spiro atoms. The summed E-state index contributed by atoms with van der Waals surface area (Å²) < 4.78 is 55.8. The number of fused-ring (bicyclic) bond motifs is 1. The van der Waals surface area contributed by atoms with Crippen molar-refractivity contribution in [2.24, 2.45) is 0 Å². The summed E-state index contributed by atoms with van der Waals surface area (Å²) in [6.07, 6.45) is -2.64. The number of hydrogen-bond donors (Lipinski definition) is 1. The number of nitrogens with one attached hydrogen (secondary N) is 1. The first-order chi connectivity index (χ1) is 15.2. The lowest BCUT2D eigenvalue weighted by atomic mass is 10.2. The van der Waals surface area contributed by atoms with Crippen LogP contribution in [0.5, 0.6) is 11.5 Å². The Balaban J connectivity index is 1.62. The molecule has 0 saturated heterocycles. The zero-order chi connectivity index (χ0) is 22.9. The number of methoxy groups -OCH3 is 2. The number of alkyl halides is 3. The molecule has 4 rings (SSSR count). The molecule has 1 fully saturated rings. The van der Waals surface area contributed by atoms with Gasteiger partial charge in [-0.1, -0.05) is 6.07 Å². The van der Waals surface area contributed by atoms with Crippen LogP contribution >= 0.6 is 0 Å². The lowest BCUT2D eigenvalue weighted by Gasteiger charge is -2.18. The molecule has 0 amide bonds. The molecular weight excluding hydrogens is 425 g/mol. The SMILES string of the molecule is COc1cc2nc(C)nc(NCc3cccc(C(F)(F)F)n3)c2cc1OCC1(OC)CC1. The molecular formula is C22H23F3N4O3. The average molecular weight is 448 g/mol. The minimum atomic E-state index is -4.50. The lowest BCUT2D eigenvalue weighted by Crippen LogP contribution is -2.21. The zero-order valence-corrected chi connectivity index (χ0v) is 17.9. The molecule has 2 heterocycles. The summed E-state index contributed by atoms with van der Waals surface area (Å²) in [7, 11) is 3.21. The third-order valence-electron chi connectivity index (χ3n) is 5.36. The van der Waals surface area contributed by atoms with E-state index in [0.717, 1.165) is 18.9 Å². The van der Waals surface area contributed by atoms with Crippen LogP contribution in [0.4, 0.5) is 19.0 Å². The fraction of sp³-hybridized carbons (Fsp3) is 0.409. The smallest absolute Gasteiger partial charge is 0.433 e. The van der Waals surface area contributed by atoms with Crippen LogP contribution in [0.15, 0.2) is 30.3 Å². The molecule has 0 bridgehead atoms. The Morgan fingerprint density at radius 1 is 1.06 bits per heavy atom. The molecule has 32 heavy (non-hydrogen) atoms. The minimum Gasteiger partial charge on any atom is -0.493 e. The third kappa shape index (κ3) is 4.69. The number of rotatable bonds is 8. The Bertz CT molecular complexity index is 1130. The highest BCUT2D eigenvalue weighted by Crippen LogP contribution is 2.41. The zero-order valence-electron chi connectivity index (χ0n) is 17.9. The normalized spacial score (nSPS) is 14.9. The molecule has 10 heteroatoms. The summed E-state index contributed by atoms with van der Waals surface area (Å²) in [6.45, 7) is 2.18. The second kappa shape index (κ2) is 8.42. The summed E-state index contributed by atoms with van der Waals surface area (Å²) in [4.78, 5) is 12.6. The van der Waals surface area contributed by atoms with Gasteiger partial charge in [0.15, 0.2) is 11.5 Å². The molecule has 2 aromatic heterocycles. The van der Waals surface area contributed by atoms with Crippen molar-refractivity contribution in [1.29, 1.82) is 0 Å². The van der Waals surface area contributed by atoms with Crippen LogP contribution in [0.2, 0.25) is 0 Å². The number of nitrogens with zero attached hydrogens (tertiary/aromatic N) is 3. The van der Waals surface area contributed by atoms with Gasteiger partial charge in [-0.2, -0.15) is 13.2 Å². The van der Waals surface area contributed by atoms with Crippen molar-refractivity contribution >= 4 is 16.7 Å². The number of aryl methyl sites for hydroxylation is 1. The Morgan fingerprint density at radius 3 is 2.50 bits per heavy atom. The van der Waals surface area contributed by atoms with Crippen molar-refractivity contribution in [3.05, 3.63) is 47.5 Å². The van der Waals surface area contributed by atoms with Gasteiger partial charge in [-0.05, 0) is 38.0 Å². The van der Waals surface area contributed by atoms with E-state index in [0.29, 0.717) is 40.7 Å². The van der Waals surface area contributed by atoms with E-state index in [2.05, 4.69) is 20.3 Å². The highest BCUT2D eigenvalue weighted by molar-refractivity contribution is 5.91. The van der Waals surface area contributed by atoms with Crippen molar-refractivity contribution < 1.29 is 27.4 Å². The van der Waals surface area contributed by atoms with Crippen molar-refractivity contribution in [2.75, 3.05) is 26.1 Å². The summed E-state index contributed by atoms with van der Waals surface area (Å²) >= 11 is 0. The monoisotopic (exact) mass is 448 g/mol. The van der Waals surface area contributed by atoms with Crippen molar-refractivity contribution in [3.63, 3.8) is 0 Å². The number of aromatic nitrogens is 3. The van der Waals surface area contributed by atoms with Crippen LogP contribution in [0.3, 0.4) is 0 Å². The maximum Gasteiger partial charge on any atom is 0.433 e. The van der Waals surface area contributed by atoms with E-state index in [9.17, 15) is 13.2 Å². The van der Waals surface area contributed by atoms with Gasteiger partial charge in [-0.15, -0.1) is 0 Å². The maximum absolute atomic E-state index is 13.0. The Morgan fingerprint density at radius 2 is 1.84 bits per heavy atom. The van der Waals surface area contributed by atoms with Crippen molar-refractivity contribution in [1.82, 2.24) is 15.0 Å². The van der Waals surface area contributed by atoms with Gasteiger partial charge in [0.05, 0.1) is 24.9 Å². The molecule has 0 atom stereocenters. The molecule has 3 aromatic rings. The van der Waals surface area contributed by atoms with Gasteiger partial charge >= 0.3 is 6.18 Å². The molecule has 1 aliphatic carbocycles. The standard InChI is InChI=1S/C22H23F3N4O3/c1-13-27-16-10-17(30-2)18(32-12-21(31-3)7-8-21)9-15(16)20(28-13)26-11-14-5-4-6-19(29-14)22(23,24)25/h4-6,9-10H,7-8,11-12H2,1-3H3,(H,26,27,28). The van der Waals surface area contributed by atoms with Gasteiger partial charge in [0.1, 0.15) is 29.5 Å². The second-order valence-electron chi connectivity index (χ2n) is 7.68. The summed E-state index contributed by atoms with van der Waals surface area (Å²) in [5.74, 6) is 2.00. The van der Waals surface area contributed by atoms with Gasteiger partial charge < -0.3 is 19.5 Å². The molecule has 0 aliphatic heterocycles. The van der Waals surface area contributed by atoms with E-state index < -0.39 is 11.9 Å². The second-order valence-corrected chi connectivity index (χ2v) is 7.68. The van der Waals surface area contributed by atoms with Crippen molar-refractivity contribution in [3.8, 4) is 11.5 Å². The number of ether oxygens (including phenoxy) is 3. The Kier molecular flexibility index (Phi) is 5.81. The van der Waals surface area contributed by atoms with E-state index in [-0.39, 0.29) is 17.8 Å². The highest BCUT2D eigenvalue weighted by Gasteiger charge is 2.44. The van der Waals surface area contributed by atoms with E-state index >= 15 is 0 Å². The van der Waals surface area contributed by atoms with Crippen LogP contribution in [0.1, 0.15) is 30.1 Å². The van der Waals surface area contributed by atoms with Gasteiger partial charge in [-0.25, -0.2) is 15.0 Å². The summed E-state index contributed by atoms with van der Waals surface area (Å²) in [6, 6.07) is 7.31. The first-order valence-electron chi connectivity index (χ1n) is 10.0. The van der Waals surface area contributed by atoms with Gasteiger partial charge in [0.25, 0.3) is 0 Å². The van der Waals surface area contributed by atoms with Crippen LogP contribution < -0.4 is 14.8 Å². The number of hydrogen-bond acceptors (Lipinski definition) is 7. The first-order valence-corrected chi connectivity index (χ1v) is 10.0. The molecule has 170 valence electrons. The summed E-state index contributed by atoms with van der Waals surface area (Å²) in [5, 5.41) is 3.74. The number of pyridine rings is 1. The average Bonchev–Trinajstić information content (AvgIpc) is 3.55. The van der Waals surface area contributed by atoms with Gasteiger partial charge in [0.2, 0.25) is 0 Å². The lowest BCUT2D eigenvalue weighted by molar-refractivity contribution is -0.141. The molecule has 1 saturated carbocycles. The number of halogens is 3. The fourth-order valence-corrected chi connectivity index (χ4v) is 3.33. The van der Waals surface area contributed by atoms with E-state index in [1.54, 1.807) is 33.3 Å². The first kappa shape index (κ1) is 22.1. The summed E-state index contributed by atoms with van der Waals surface area (Å²) in [5.41, 5.74) is -0.341. The van der Waals surface area contributed by atoms with Crippen molar-refractivity contribution in [2.45, 2.75) is 38.1 Å². The van der Waals surface area contributed by atoms with Gasteiger partial charge in [-0.3, -0.25) is 0 Å². The largest absolute Gasteiger partial charge is 0.493 e. The molecule has 1 aliphatic rings. The number of benzene rings is 1. The Labute approximate surface area is 182 Å². The molecule has 0 radical (unpaired) electrons. The van der Waals surface area contributed by atoms with Gasteiger partial charge in [0, 0.05) is 18.6 Å². The number of anilines is 1. The van der Waals surface area contributed by atoms with E-state index in [1.165, 1.54) is 12.1 Å². The quantitative estimate of drug-likeness (QED) is 0.542. The molecule has 7 nitrogen and oxygen atoms in total. The molecule has 0 unspecified atom stereocenters. The predicted molar refractivity (Wildman–Crippen MR) is 112 cm³/mol. The highest BCUT2D eigenvalue weighted by atomic mass is 19.4. The topological polar surface area (TPSA) is 78.4 Å². The Hall–Kier alpha value is -3.14. The van der Waals surface area contributed by atoms with Crippen LogP contribution in [0, 0.1) is 6.92 Å². The fourth-order valence-electron chi connectivity index (χ4n) is 3.33. The van der Waals surface area contributed by atoms with E-state index in [4.69, 9.17) is 14.2 Å². The minimum absolute atomic E-state index is 0.0600. The van der Waals surface area contributed by atoms with Crippen LogP contribution in [-0.2, 0) is 17.5 Å². The molecule has 1 aromatic carbocycles. The van der Waals surface area contributed by atoms with Crippen LogP contribution in [0.25, 0.3) is 10.9 Å². The third-order valence-corrected chi connectivity index (χ3v) is 5.36. The van der Waals surface area contributed by atoms with Crippen LogP contribution in [-0.4, -0.2) is 41.4 Å².